The maximum Gasteiger partial charge on any atom is 0.573 e. The Labute approximate surface area is 86.6 Å². The van der Waals surface area contributed by atoms with E-state index in [-0.39, 0.29) is 5.75 Å². The lowest BCUT2D eigenvalue weighted by Crippen LogP contribution is -2.18. The van der Waals surface area contributed by atoms with Crippen LogP contribution in [0.2, 0.25) is 0 Å². The Balaban J connectivity index is 2.87. The van der Waals surface area contributed by atoms with Crippen LogP contribution in [-0.2, 0) is 0 Å². The van der Waals surface area contributed by atoms with Crippen LogP contribution in [0.5, 0.6) is 11.5 Å². The molecule has 0 aliphatic heterocycles. The highest BCUT2D eigenvalue weighted by Gasteiger charge is 2.32. The quantitative estimate of drug-likeness (QED) is 0.804. The zero-order chi connectivity index (χ0) is 12.3. The normalized spacial score (nSPS) is 11.0. The number of carbonyl (C=O) groups is 1. The van der Waals surface area contributed by atoms with Gasteiger partial charge in [-0.25, -0.2) is 9.18 Å². The Kier molecular flexibility index (Phi) is 3.21. The minimum Gasteiger partial charge on any atom is -0.410 e. The van der Waals surface area contributed by atoms with Crippen LogP contribution in [0.15, 0.2) is 18.2 Å². The van der Waals surface area contributed by atoms with E-state index in [4.69, 9.17) is 0 Å². The van der Waals surface area contributed by atoms with Gasteiger partial charge in [0.1, 0.15) is 5.75 Å². The van der Waals surface area contributed by atoms with E-state index in [2.05, 4.69) is 15.2 Å². The molecule has 0 unspecified atom stereocenters. The van der Waals surface area contributed by atoms with Crippen molar-refractivity contribution in [3.63, 3.8) is 0 Å². The summed E-state index contributed by atoms with van der Waals surface area (Å²) in [6, 6.07) is 2.13. The minimum atomic E-state index is -4.99. The van der Waals surface area contributed by atoms with Gasteiger partial charge in [0.2, 0.25) is 0 Å². The van der Waals surface area contributed by atoms with Crippen molar-refractivity contribution in [2.45, 2.75) is 6.36 Å². The second kappa shape index (κ2) is 4.25. The number of halogens is 4. The molecule has 0 saturated carbocycles. The number of ether oxygens (including phenoxy) is 2. The van der Waals surface area contributed by atoms with Crippen LogP contribution < -0.4 is 15.2 Å². The topological polar surface area (TPSA) is 61.6 Å². The molecular formula is C8H5F4NO3. The number of rotatable bonds is 2. The number of hydrogen-bond acceptors (Lipinski definition) is 3. The van der Waals surface area contributed by atoms with Gasteiger partial charge in [-0.2, -0.15) is 0 Å². The number of primary amides is 1. The summed E-state index contributed by atoms with van der Waals surface area (Å²) in [7, 11) is 0. The number of benzene rings is 1. The van der Waals surface area contributed by atoms with Gasteiger partial charge in [0.25, 0.3) is 0 Å². The monoisotopic (exact) mass is 239 g/mol. The van der Waals surface area contributed by atoms with Crippen LogP contribution in [0.4, 0.5) is 22.4 Å². The van der Waals surface area contributed by atoms with Crippen LogP contribution >= 0.6 is 0 Å². The Morgan fingerprint density at radius 2 is 1.94 bits per heavy atom. The number of hydrogen-bond donors (Lipinski definition) is 1. The van der Waals surface area contributed by atoms with E-state index >= 15 is 0 Å². The highest BCUT2D eigenvalue weighted by molar-refractivity contribution is 5.68. The van der Waals surface area contributed by atoms with Gasteiger partial charge in [0.05, 0.1) is 0 Å². The molecule has 0 aliphatic carbocycles. The standard InChI is InChI=1S/C8H5F4NO3/c9-5-3-4(15-7(13)14)1-2-6(5)16-8(10,11)12/h1-3H,(H2,13,14). The van der Waals surface area contributed by atoms with Crippen molar-refractivity contribution in [1.29, 1.82) is 0 Å². The molecular weight excluding hydrogens is 234 g/mol. The molecule has 16 heavy (non-hydrogen) atoms. The third kappa shape index (κ3) is 3.64. The maximum atomic E-state index is 13.0. The third-order valence-corrected chi connectivity index (χ3v) is 1.35. The molecule has 0 fully saturated rings. The molecule has 8 heteroatoms. The van der Waals surface area contributed by atoms with E-state index in [0.717, 1.165) is 6.07 Å². The molecule has 0 spiro atoms. The Morgan fingerprint density at radius 1 is 1.31 bits per heavy atom. The average Bonchev–Trinajstić information content (AvgIpc) is 2.06. The first-order valence-corrected chi connectivity index (χ1v) is 3.80. The first-order valence-electron chi connectivity index (χ1n) is 3.80. The van der Waals surface area contributed by atoms with Crippen LogP contribution in [0.1, 0.15) is 0 Å². The summed E-state index contributed by atoms with van der Waals surface area (Å²) < 4.78 is 55.8. The van der Waals surface area contributed by atoms with Crippen LogP contribution in [0.3, 0.4) is 0 Å². The lowest BCUT2D eigenvalue weighted by Gasteiger charge is -2.10. The summed E-state index contributed by atoms with van der Waals surface area (Å²) in [5.74, 6) is -2.67. The summed E-state index contributed by atoms with van der Waals surface area (Å²) in [6.07, 6.45) is -6.20. The van der Waals surface area contributed by atoms with E-state index in [1.165, 1.54) is 0 Å². The lowest BCUT2D eigenvalue weighted by atomic mass is 10.3. The van der Waals surface area contributed by atoms with Crippen molar-refractivity contribution in [2.75, 3.05) is 0 Å². The molecule has 2 N–H and O–H groups in total. The molecule has 1 amide bonds. The molecule has 0 saturated heterocycles. The van der Waals surface area contributed by atoms with Crippen LogP contribution in [0.25, 0.3) is 0 Å². The third-order valence-electron chi connectivity index (χ3n) is 1.35. The molecule has 88 valence electrons. The van der Waals surface area contributed by atoms with Crippen molar-refractivity contribution < 1.29 is 31.8 Å². The van der Waals surface area contributed by atoms with Gasteiger partial charge in [0.15, 0.2) is 11.6 Å². The summed E-state index contributed by atoms with van der Waals surface area (Å²) in [5.41, 5.74) is 4.62. The Hall–Kier alpha value is -1.99. The predicted octanol–water partition coefficient (Wildman–Crippen LogP) is 2.18. The van der Waals surface area contributed by atoms with E-state index < -0.39 is 24.0 Å². The van der Waals surface area contributed by atoms with Crippen molar-refractivity contribution in [1.82, 2.24) is 0 Å². The first-order chi connectivity index (χ1) is 7.28. The Bertz CT molecular complexity index is 405. The SMILES string of the molecule is NC(=O)Oc1ccc(OC(F)(F)F)c(F)c1. The molecule has 0 heterocycles. The van der Waals surface area contributed by atoms with Crippen molar-refractivity contribution in [3.05, 3.63) is 24.0 Å². The molecule has 1 rings (SSSR count). The zero-order valence-corrected chi connectivity index (χ0v) is 7.55. The van der Waals surface area contributed by atoms with Crippen LogP contribution in [-0.4, -0.2) is 12.5 Å². The van der Waals surface area contributed by atoms with E-state index in [9.17, 15) is 22.4 Å². The van der Waals surface area contributed by atoms with Gasteiger partial charge in [-0.15, -0.1) is 13.2 Å². The highest BCUT2D eigenvalue weighted by atomic mass is 19.4. The van der Waals surface area contributed by atoms with Crippen molar-refractivity contribution in [2.24, 2.45) is 5.73 Å². The molecule has 4 nitrogen and oxygen atoms in total. The molecule has 1 aromatic rings. The molecule has 0 atom stereocenters. The summed E-state index contributed by atoms with van der Waals surface area (Å²) in [6.45, 7) is 0. The minimum absolute atomic E-state index is 0.320. The summed E-state index contributed by atoms with van der Waals surface area (Å²) in [4.78, 5) is 10.3. The van der Waals surface area contributed by atoms with Gasteiger partial charge in [0, 0.05) is 6.07 Å². The van der Waals surface area contributed by atoms with Gasteiger partial charge >= 0.3 is 12.5 Å². The van der Waals surface area contributed by atoms with Crippen molar-refractivity contribution in [3.8, 4) is 11.5 Å². The fourth-order valence-corrected chi connectivity index (χ4v) is 0.869. The summed E-state index contributed by atoms with van der Waals surface area (Å²) >= 11 is 0. The second-order valence-electron chi connectivity index (χ2n) is 2.56. The second-order valence-corrected chi connectivity index (χ2v) is 2.56. The predicted molar refractivity (Wildman–Crippen MR) is 43.3 cm³/mol. The van der Waals surface area contributed by atoms with Gasteiger partial charge in [-0.05, 0) is 12.1 Å². The largest absolute Gasteiger partial charge is 0.573 e. The fraction of sp³-hybridized carbons (Fsp3) is 0.125. The van der Waals surface area contributed by atoms with Gasteiger partial charge in [-0.1, -0.05) is 0 Å². The smallest absolute Gasteiger partial charge is 0.410 e. The summed E-state index contributed by atoms with van der Waals surface area (Å²) in [5, 5.41) is 0. The molecule has 0 bridgehead atoms. The van der Waals surface area contributed by atoms with E-state index in [1.54, 1.807) is 0 Å². The van der Waals surface area contributed by atoms with Crippen molar-refractivity contribution >= 4 is 6.09 Å². The Morgan fingerprint density at radius 3 is 2.38 bits per heavy atom. The van der Waals surface area contributed by atoms with Gasteiger partial charge < -0.3 is 15.2 Å². The number of carbonyl (C=O) groups excluding carboxylic acids is 1. The molecule has 0 radical (unpaired) electrons. The lowest BCUT2D eigenvalue weighted by molar-refractivity contribution is -0.275. The van der Waals surface area contributed by atoms with Gasteiger partial charge in [-0.3, -0.25) is 0 Å². The first kappa shape index (κ1) is 12.1. The molecule has 1 aromatic carbocycles. The van der Waals surface area contributed by atoms with Crippen LogP contribution in [0, 0.1) is 5.82 Å². The number of amides is 1. The van der Waals surface area contributed by atoms with E-state index in [1.807, 2.05) is 0 Å². The molecule has 0 aromatic heterocycles. The highest BCUT2D eigenvalue weighted by Crippen LogP contribution is 2.28. The number of nitrogens with two attached hydrogens (primary N) is 1. The fourth-order valence-electron chi connectivity index (χ4n) is 0.869. The number of alkyl halides is 3. The maximum absolute atomic E-state index is 13.0. The van der Waals surface area contributed by atoms with E-state index in [0.29, 0.717) is 12.1 Å². The molecule has 0 aliphatic rings. The zero-order valence-electron chi connectivity index (χ0n) is 7.55. The average molecular weight is 239 g/mol.